The number of furan rings is 4. The zero-order valence-electron chi connectivity index (χ0n) is 35.3. The van der Waals surface area contributed by atoms with E-state index in [1.165, 1.54) is 0 Å². The molecule has 0 aliphatic rings. The fraction of sp³-hybridized carbons (Fsp3) is 0. The van der Waals surface area contributed by atoms with Crippen molar-refractivity contribution in [2.24, 2.45) is 0 Å². The average Bonchev–Trinajstić information content (AvgIpc) is 4.16. The molecule has 11 aromatic carbocycles. The second-order valence-corrected chi connectivity index (χ2v) is 17.4. The van der Waals surface area contributed by atoms with Gasteiger partial charge in [-0.1, -0.05) is 152 Å². The van der Waals surface area contributed by atoms with Gasteiger partial charge in [-0.3, -0.25) is 0 Å². The van der Waals surface area contributed by atoms with Crippen LogP contribution in [0.3, 0.4) is 0 Å². The Balaban J connectivity index is 1.01. The Hall–Kier alpha value is -8.86. The molecule has 4 aromatic heterocycles. The number of fused-ring (bicyclic) bond motifs is 14. The quantitative estimate of drug-likeness (QED) is 0.166. The molecule has 0 aliphatic carbocycles. The van der Waals surface area contributed by atoms with E-state index < -0.39 is 0 Å². The van der Waals surface area contributed by atoms with Gasteiger partial charge in [-0.2, -0.15) is 0 Å². The van der Waals surface area contributed by atoms with E-state index in [1.54, 1.807) is 0 Å². The molecule has 0 bridgehead atoms. The van der Waals surface area contributed by atoms with Crippen LogP contribution in [0.2, 0.25) is 0 Å². The Morgan fingerprint density at radius 3 is 1.26 bits per heavy atom. The number of rotatable bonds is 4. The zero-order chi connectivity index (χ0) is 43.0. The van der Waals surface area contributed by atoms with Crippen molar-refractivity contribution in [3.8, 4) is 44.5 Å². The van der Waals surface area contributed by atoms with Crippen LogP contribution in [0.4, 0.5) is 0 Å². The van der Waals surface area contributed by atoms with Gasteiger partial charge in [0.2, 0.25) is 0 Å². The fourth-order valence-corrected chi connectivity index (χ4v) is 11.1. The molecule has 0 spiro atoms. The molecular formula is C62H34O4. The van der Waals surface area contributed by atoms with E-state index in [4.69, 9.17) is 17.7 Å². The van der Waals surface area contributed by atoms with Gasteiger partial charge in [0.05, 0.1) is 0 Å². The van der Waals surface area contributed by atoms with Crippen LogP contribution >= 0.6 is 0 Å². The van der Waals surface area contributed by atoms with Crippen molar-refractivity contribution in [2.45, 2.75) is 0 Å². The fourth-order valence-electron chi connectivity index (χ4n) is 11.1. The van der Waals surface area contributed by atoms with E-state index in [0.29, 0.717) is 0 Å². The highest BCUT2D eigenvalue weighted by Crippen LogP contribution is 2.52. The van der Waals surface area contributed by atoms with Crippen LogP contribution in [0.5, 0.6) is 0 Å². The van der Waals surface area contributed by atoms with Crippen molar-refractivity contribution >= 4 is 109 Å². The monoisotopic (exact) mass is 842 g/mol. The van der Waals surface area contributed by atoms with Crippen LogP contribution < -0.4 is 0 Å². The molecule has 4 nitrogen and oxygen atoms in total. The highest BCUT2D eigenvalue weighted by atomic mass is 16.3. The lowest BCUT2D eigenvalue weighted by Crippen LogP contribution is -1.93. The molecular weight excluding hydrogens is 809 g/mol. The minimum atomic E-state index is 0.850. The lowest BCUT2D eigenvalue weighted by Gasteiger charge is -2.19. The molecule has 4 heteroatoms. The predicted octanol–water partition coefficient (Wildman–Crippen LogP) is 18.3. The Kier molecular flexibility index (Phi) is 7.19. The summed E-state index contributed by atoms with van der Waals surface area (Å²) >= 11 is 0. The SMILES string of the molecule is c1ccc2c(c1)oc1ccc(-c3ccc(-c4c5ccccc5c(-c5ccc(-c6cccc7oc8ccccc8c67)c6oc7ccccc7c56)c5ccccc45)c4oc5ccccc5c34)cc12. The molecule has 66 heavy (non-hydrogen) atoms. The Morgan fingerprint density at radius 1 is 0.212 bits per heavy atom. The van der Waals surface area contributed by atoms with Crippen molar-refractivity contribution in [3.05, 3.63) is 206 Å². The molecule has 4 heterocycles. The van der Waals surface area contributed by atoms with Gasteiger partial charge in [-0.05, 0) is 104 Å². The van der Waals surface area contributed by atoms with Crippen molar-refractivity contribution in [1.82, 2.24) is 0 Å². The van der Waals surface area contributed by atoms with Gasteiger partial charge in [-0.25, -0.2) is 0 Å². The lowest BCUT2D eigenvalue weighted by atomic mass is 9.83. The Bertz CT molecular complexity index is 4480. The first-order valence-corrected chi connectivity index (χ1v) is 22.4. The Labute approximate surface area is 376 Å². The normalized spacial score (nSPS) is 12.2. The van der Waals surface area contributed by atoms with E-state index in [2.05, 4.69) is 182 Å². The highest BCUT2D eigenvalue weighted by molar-refractivity contribution is 6.29. The van der Waals surface area contributed by atoms with Crippen LogP contribution in [0.25, 0.3) is 154 Å². The summed E-state index contributed by atoms with van der Waals surface area (Å²) in [5, 5.41) is 13.3. The molecule has 0 fully saturated rings. The minimum absolute atomic E-state index is 0.850. The summed E-state index contributed by atoms with van der Waals surface area (Å²) in [6.45, 7) is 0. The molecule has 15 aromatic rings. The van der Waals surface area contributed by atoms with Gasteiger partial charge in [0.1, 0.15) is 44.7 Å². The van der Waals surface area contributed by atoms with E-state index in [-0.39, 0.29) is 0 Å². The second kappa shape index (κ2) is 13.3. The van der Waals surface area contributed by atoms with Gasteiger partial charge in [0.25, 0.3) is 0 Å². The number of hydrogen-bond donors (Lipinski definition) is 0. The smallest absolute Gasteiger partial charge is 0.143 e. The molecule has 0 radical (unpaired) electrons. The predicted molar refractivity (Wildman–Crippen MR) is 272 cm³/mol. The third kappa shape index (κ3) is 4.87. The summed E-state index contributed by atoms with van der Waals surface area (Å²) in [6.07, 6.45) is 0. The third-order valence-corrected chi connectivity index (χ3v) is 13.9. The number of benzene rings is 11. The summed E-state index contributed by atoms with van der Waals surface area (Å²) in [4.78, 5) is 0. The molecule has 0 amide bonds. The molecule has 0 N–H and O–H groups in total. The van der Waals surface area contributed by atoms with Crippen molar-refractivity contribution in [1.29, 1.82) is 0 Å². The maximum Gasteiger partial charge on any atom is 0.143 e. The lowest BCUT2D eigenvalue weighted by molar-refractivity contribution is 0.668. The topological polar surface area (TPSA) is 52.6 Å². The largest absolute Gasteiger partial charge is 0.456 e. The first kappa shape index (κ1) is 35.6. The summed E-state index contributed by atoms with van der Waals surface area (Å²) in [5.74, 6) is 0. The van der Waals surface area contributed by atoms with Crippen molar-refractivity contribution in [3.63, 3.8) is 0 Å². The van der Waals surface area contributed by atoms with Crippen LogP contribution in [-0.4, -0.2) is 0 Å². The molecule has 306 valence electrons. The van der Waals surface area contributed by atoms with Gasteiger partial charge in [-0.15, -0.1) is 0 Å². The van der Waals surface area contributed by atoms with E-state index in [1.807, 2.05) is 24.3 Å². The van der Waals surface area contributed by atoms with Crippen LogP contribution in [0.1, 0.15) is 0 Å². The van der Waals surface area contributed by atoms with Crippen LogP contribution in [0, 0.1) is 0 Å². The standard InChI is InChI=1S/C62H34O4/c1-3-17-40-38(15-1)56(47-31-30-43(61-60(47)46-21-8-12-26-53(46)65-61)42-22-13-27-55-58(42)44-19-6-10-24-51(44)64-55)39-16-2-4-18-41(39)57(40)48-32-29-36(59-45-20-7-11-25-52(45)66-62(48)59)35-28-33-54-49(34-35)37-14-5-9-23-50(37)63-54/h1-34H. The maximum absolute atomic E-state index is 7.02. The van der Waals surface area contributed by atoms with Gasteiger partial charge in [0, 0.05) is 59.8 Å². The van der Waals surface area contributed by atoms with Gasteiger partial charge < -0.3 is 17.7 Å². The van der Waals surface area contributed by atoms with E-state index in [9.17, 15) is 0 Å². The maximum atomic E-state index is 7.02. The number of hydrogen-bond acceptors (Lipinski definition) is 4. The molecule has 0 aliphatic heterocycles. The highest BCUT2D eigenvalue weighted by Gasteiger charge is 2.26. The molecule has 0 unspecified atom stereocenters. The first-order chi connectivity index (χ1) is 32.7. The first-order valence-electron chi connectivity index (χ1n) is 22.4. The minimum Gasteiger partial charge on any atom is -0.456 e. The van der Waals surface area contributed by atoms with Crippen molar-refractivity contribution < 1.29 is 17.7 Å². The Morgan fingerprint density at radius 2 is 0.621 bits per heavy atom. The summed E-state index contributed by atoms with van der Waals surface area (Å²) in [6, 6.07) is 73.0. The number of para-hydroxylation sites is 4. The molecule has 0 atom stereocenters. The third-order valence-electron chi connectivity index (χ3n) is 13.9. The van der Waals surface area contributed by atoms with E-state index in [0.717, 1.165) is 154 Å². The second-order valence-electron chi connectivity index (χ2n) is 17.4. The van der Waals surface area contributed by atoms with Gasteiger partial charge in [0.15, 0.2) is 0 Å². The zero-order valence-corrected chi connectivity index (χ0v) is 35.3. The molecule has 0 saturated heterocycles. The van der Waals surface area contributed by atoms with Crippen LogP contribution in [-0.2, 0) is 0 Å². The molecule has 0 saturated carbocycles. The average molecular weight is 843 g/mol. The molecule has 15 rings (SSSR count). The van der Waals surface area contributed by atoms with Crippen molar-refractivity contribution in [2.75, 3.05) is 0 Å². The van der Waals surface area contributed by atoms with E-state index >= 15 is 0 Å². The van der Waals surface area contributed by atoms with Crippen LogP contribution in [0.15, 0.2) is 224 Å². The van der Waals surface area contributed by atoms with Gasteiger partial charge >= 0.3 is 0 Å². The summed E-state index contributed by atoms with van der Waals surface area (Å²) in [5.41, 5.74) is 15.7. The summed E-state index contributed by atoms with van der Waals surface area (Å²) in [7, 11) is 0. The summed E-state index contributed by atoms with van der Waals surface area (Å²) < 4.78 is 26.6.